The Bertz CT molecular complexity index is 1400. The molecule has 5 aliphatic carbocycles. The first kappa shape index (κ1) is 34.4. The van der Waals surface area contributed by atoms with E-state index < -0.39 is 0 Å². The zero-order chi connectivity index (χ0) is 34.2. The van der Waals surface area contributed by atoms with Gasteiger partial charge in [0.15, 0.2) is 11.5 Å². The molecule has 0 radical (unpaired) electrons. The van der Waals surface area contributed by atoms with Gasteiger partial charge in [-0.15, -0.1) is 0 Å². The molecule has 0 amide bonds. The van der Waals surface area contributed by atoms with Crippen molar-refractivity contribution >= 4 is 12.0 Å². The molecule has 47 heavy (non-hydrogen) atoms. The molecule has 6 heteroatoms. The number of aliphatic hydroxyl groups is 1. The molecule has 10 unspecified atom stereocenters. The zero-order valence-electron chi connectivity index (χ0n) is 30.3. The summed E-state index contributed by atoms with van der Waals surface area (Å²) in [5, 5.41) is 21.1. The number of hydrogen-bond acceptors (Lipinski definition) is 6. The van der Waals surface area contributed by atoms with Crippen molar-refractivity contribution in [2.45, 2.75) is 112 Å². The summed E-state index contributed by atoms with van der Waals surface area (Å²) in [4.78, 5) is 13.2. The van der Waals surface area contributed by atoms with Gasteiger partial charge in [-0.3, -0.25) is 0 Å². The van der Waals surface area contributed by atoms with E-state index in [1.807, 2.05) is 0 Å². The molecule has 5 fully saturated rings. The van der Waals surface area contributed by atoms with Gasteiger partial charge in [0.25, 0.3) is 0 Å². The van der Waals surface area contributed by atoms with E-state index in [1.54, 1.807) is 18.2 Å². The predicted molar refractivity (Wildman–Crippen MR) is 186 cm³/mol. The van der Waals surface area contributed by atoms with Crippen molar-refractivity contribution in [2.75, 3.05) is 20.8 Å². The molecule has 1 aromatic rings. The molecular formula is C41H60O6. The number of aromatic hydroxyl groups is 1. The van der Waals surface area contributed by atoms with Crippen LogP contribution in [0.25, 0.3) is 6.08 Å². The Morgan fingerprint density at radius 2 is 1.57 bits per heavy atom. The topological polar surface area (TPSA) is 85.2 Å². The van der Waals surface area contributed by atoms with Crippen LogP contribution in [0, 0.1) is 56.7 Å². The minimum absolute atomic E-state index is 0.0656. The van der Waals surface area contributed by atoms with Crippen molar-refractivity contribution in [2.24, 2.45) is 56.7 Å². The summed E-state index contributed by atoms with van der Waals surface area (Å²) in [7, 11) is 2.97. The van der Waals surface area contributed by atoms with E-state index in [-0.39, 0.29) is 56.4 Å². The molecule has 0 spiro atoms. The Labute approximate surface area is 283 Å². The summed E-state index contributed by atoms with van der Waals surface area (Å²) in [5.74, 6) is 3.01. The molecule has 0 aliphatic heterocycles. The Balaban J connectivity index is 1.21. The highest BCUT2D eigenvalue weighted by molar-refractivity contribution is 5.87. The number of carbonyl (C=O) groups is 1. The van der Waals surface area contributed by atoms with Crippen molar-refractivity contribution in [3.05, 3.63) is 35.9 Å². The van der Waals surface area contributed by atoms with Crippen LogP contribution in [0.3, 0.4) is 0 Å². The fourth-order valence-electron chi connectivity index (χ4n) is 13.1. The first-order valence-electron chi connectivity index (χ1n) is 18.2. The quantitative estimate of drug-likeness (QED) is 0.174. The number of phenols is 1. The molecule has 1 aromatic carbocycles. The molecular weight excluding hydrogens is 588 g/mol. The van der Waals surface area contributed by atoms with Gasteiger partial charge in [0.2, 0.25) is 5.75 Å². The van der Waals surface area contributed by atoms with E-state index in [9.17, 15) is 15.0 Å². The van der Waals surface area contributed by atoms with Crippen LogP contribution < -0.4 is 9.47 Å². The first-order valence-corrected chi connectivity index (χ1v) is 18.2. The highest BCUT2D eigenvalue weighted by Gasteiger charge is 2.71. The first-order chi connectivity index (χ1) is 22.1. The number of carbonyl (C=O) groups excluding carboxylic acids is 1. The summed E-state index contributed by atoms with van der Waals surface area (Å²) in [6, 6.07) is 3.35. The summed E-state index contributed by atoms with van der Waals surface area (Å²) in [6.45, 7) is 19.6. The molecule has 2 N–H and O–H groups in total. The molecule has 0 heterocycles. The van der Waals surface area contributed by atoms with Gasteiger partial charge in [0.05, 0.1) is 14.2 Å². The number of fused-ring (bicyclic) bond motifs is 7. The standard InChI is InChI=1S/C41H60O6/c1-25(2)27-14-19-41(24-42)21-20-39(6)28(35(27)41)11-12-32-38(5)17-16-33(37(3,4)31(38)15-18-40(32,39)7)47-34(43)13-10-26-22-29(45-8)36(44)30(23-26)46-9/h10,13,22-23,27-28,31-33,35,42,44H,1,11-12,14-21,24H2,2-9H3. The molecule has 6 rings (SSSR count). The van der Waals surface area contributed by atoms with Gasteiger partial charge in [0.1, 0.15) is 6.10 Å². The number of aliphatic hydroxyl groups excluding tert-OH is 1. The second-order valence-electron chi connectivity index (χ2n) is 17.6. The maximum absolute atomic E-state index is 13.2. The lowest BCUT2D eigenvalue weighted by atomic mass is 9.32. The van der Waals surface area contributed by atoms with E-state index in [0.717, 1.165) is 32.1 Å². The van der Waals surface area contributed by atoms with Crippen LogP contribution in [-0.2, 0) is 9.53 Å². The number of esters is 1. The Hall–Kier alpha value is -2.47. The average molecular weight is 649 g/mol. The van der Waals surface area contributed by atoms with Crippen molar-refractivity contribution in [1.82, 2.24) is 0 Å². The van der Waals surface area contributed by atoms with Crippen LogP contribution in [-0.4, -0.2) is 43.1 Å². The normalized spacial score (nSPS) is 42.1. The SMILES string of the molecule is C=C(C)C1CCC2(CO)CCC3(C)C(CCC4C5(C)CCC(OC(=O)C=Cc6cc(OC)c(O)c(OC)c6)C(C)(C)C5CCC43C)C12. The lowest BCUT2D eigenvalue weighted by molar-refractivity contribution is -0.251. The largest absolute Gasteiger partial charge is 0.502 e. The number of ether oxygens (including phenoxy) is 3. The molecule has 0 aromatic heterocycles. The van der Waals surface area contributed by atoms with Crippen LogP contribution in [0.5, 0.6) is 17.2 Å². The fourth-order valence-corrected chi connectivity index (χ4v) is 13.1. The van der Waals surface area contributed by atoms with Crippen molar-refractivity contribution < 1.29 is 29.2 Å². The third-order valence-corrected chi connectivity index (χ3v) is 15.7. The van der Waals surface area contributed by atoms with Gasteiger partial charge < -0.3 is 24.4 Å². The summed E-state index contributed by atoms with van der Waals surface area (Å²) in [5.41, 5.74) is 2.64. The Morgan fingerprint density at radius 1 is 0.894 bits per heavy atom. The highest BCUT2D eigenvalue weighted by atomic mass is 16.5. The molecule has 10 atom stereocenters. The number of rotatable bonds is 7. The number of allylic oxidation sites excluding steroid dienone is 1. The maximum atomic E-state index is 13.2. The number of benzene rings is 1. The van der Waals surface area contributed by atoms with E-state index in [0.29, 0.717) is 41.8 Å². The van der Waals surface area contributed by atoms with Crippen molar-refractivity contribution in [3.63, 3.8) is 0 Å². The number of phenolic OH excluding ortho intramolecular Hbond substituents is 1. The van der Waals surface area contributed by atoms with Gasteiger partial charge in [0, 0.05) is 18.1 Å². The molecule has 0 bridgehead atoms. The third kappa shape index (κ3) is 5.00. The van der Waals surface area contributed by atoms with Crippen molar-refractivity contribution in [3.8, 4) is 17.2 Å². The molecule has 5 aliphatic rings. The summed E-state index contributed by atoms with van der Waals surface area (Å²) >= 11 is 0. The minimum atomic E-state index is -0.343. The molecule has 6 nitrogen and oxygen atoms in total. The summed E-state index contributed by atoms with van der Waals surface area (Å²) in [6.07, 6.45) is 14.6. The fraction of sp³-hybridized carbons (Fsp3) is 0.732. The molecule has 5 saturated carbocycles. The second kappa shape index (κ2) is 11.8. The van der Waals surface area contributed by atoms with Gasteiger partial charge in [-0.1, -0.05) is 46.8 Å². The van der Waals surface area contributed by atoms with E-state index in [1.165, 1.54) is 58.0 Å². The van der Waals surface area contributed by atoms with E-state index in [4.69, 9.17) is 14.2 Å². The number of hydrogen-bond donors (Lipinski definition) is 2. The van der Waals surface area contributed by atoms with Gasteiger partial charge in [-0.25, -0.2) is 4.79 Å². The van der Waals surface area contributed by atoms with Crippen LogP contribution in [0.1, 0.15) is 111 Å². The maximum Gasteiger partial charge on any atom is 0.331 e. The predicted octanol–water partition coefficient (Wildman–Crippen LogP) is 8.98. The molecule has 0 saturated heterocycles. The van der Waals surface area contributed by atoms with Gasteiger partial charge in [-0.2, -0.15) is 0 Å². The summed E-state index contributed by atoms with van der Waals surface area (Å²) < 4.78 is 16.8. The van der Waals surface area contributed by atoms with Crippen LogP contribution in [0.4, 0.5) is 0 Å². The van der Waals surface area contributed by atoms with Gasteiger partial charge in [-0.05, 0) is 146 Å². The van der Waals surface area contributed by atoms with Gasteiger partial charge >= 0.3 is 5.97 Å². The van der Waals surface area contributed by atoms with E-state index >= 15 is 0 Å². The number of methoxy groups -OCH3 is 2. The minimum Gasteiger partial charge on any atom is -0.502 e. The monoisotopic (exact) mass is 648 g/mol. The van der Waals surface area contributed by atoms with Crippen LogP contribution in [0.2, 0.25) is 0 Å². The lowest BCUT2D eigenvalue weighted by Gasteiger charge is -2.73. The zero-order valence-corrected chi connectivity index (χ0v) is 30.3. The average Bonchev–Trinajstić information content (AvgIpc) is 3.43. The molecule has 260 valence electrons. The smallest absolute Gasteiger partial charge is 0.331 e. The third-order valence-electron chi connectivity index (χ3n) is 15.7. The Kier molecular flexibility index (Phi) is 8.67. The van der Waals surface area contributed by atoms with Crippen LogP contribution in [0.15, 0.2) is 30.4 Å². The van der Waals surface area contributed by atoms with Crippen molar-refractivity contribution in [1.29, 1.82) is 0 Å². The Morgan fingerprint density at radius 3 is 2.19 bits per heavy atom. The lowest BCUT2D eigenvalue weighted by Crippen LogP contribution is -2.67. The highest BCUT2D eigenvalue weighted by Crippen LogP contribution is 2.77. The van der Waals surface area contributed by atoms with Crippen LogP contribution >= 0.6 is 0 Å². The second-order valence-corrected chi connectivity index (χ2v) is 17.6. The van der Waals surface area contributed by atoms with E-state index in [2.05, 4.69) is 48.1 Å².